The van der Waals surface area contributed by atoms with Crippen molar-refractivity contribution in [3.05, 3.63) is 11.9 Å². The maximum atomic E-state index is 12.1. The Morgan fingerprint density at radius 3 is 3.12 bits per heavy atom. The number of H-pyrrole nitrogens is 1. The second-order valence-electron chi connectivity index (χ2n) is 4.03. The third kappa shape index (κ3) is 1.88. The van der Waals surface area contributed by atoms with Gasteiger partial charge in [0.05, 0.1) is 24.5 Å². The Kier molecular flexibility index (Phi) is 3.09. The lowest BCUT2D eigenvalue weighted by molar-refractivity contribution is 0.0498. The quantitative estimate of drug-likeness (QED) is 0.657. The molecule has 1 atom stereocenters. The Hall–Kier alpha value is -1.56. The van der Waals surface area contributed by atoms with Gasteiger partial charge in [-0.25, -0.2) is 0 Å². The fraction of sp³-hybridized carbons (Fsp3) is 0.600. The minimum Gasteiger partial charge on any atom is -0.396 e. The standard InChI is InChI=1S/C10H16N4O2/c11-8-5-12-13-9(8)10(16)14-4-2-1-3-7(14)6-15/h5,7,15H,1-4,6,11H2,(H,12,13). The van der Waals surface area contributed by atoms with E-state index >= 15 is 0 Å². The minimum absolute atomic E-state index is 0.000216. The van der Waals surface area contributed by atoms with E-state index < -0.39 is 0 Å². The van der Waals surface area contributed by atoms with Gasteiger partial charge in [0, 0.05) is 6.54 Å². The predicted molar refractivity (Wildman–Crippen MR) is 58.8 cm³/mol. The van der Waals surface area contributed by atoms with Crippen LogP contribution in [-0.4, -0.2) is 45.3 Å². The van der Waals surface area contributed by atoms with E-state index in [1.54, 1.807) is 4.90 Å². The van der Waals surface area contributed by atoms with Crippen LogP contribution in [-0.2, 0) is 0 Å². The number of carbonyl (C=O) groups is 1. The molecule has 1 amide bonds. The summed E-state index contributed by atoms with van der Waals surface area (Å²) in [5.74, 6) is -0.172. The highest BCUT2D eigenvalue weighted by Crippen LogP contribution is 2.20. The summed E-state index contributed by atoms with van der Waals surface area (Å²) in [6.07, 6.45) is 4.28. The summed E-state index contributed by atoms with van der Waals surface area (Å²) in [5, 5.41) is 15.6. The first-order valence-electron chi connectivity index (χ1n) is 5.44. The molecule has 88 valence electrons. The molecule has 16 heavy (non-hydrogen) atoms. The van der Waals surface area contributed by atoms with Gasteiger partial charge in [0.25, 0.3) is 5.91 Å². The number of nitrogens with two attached hydrogens (primary N) is 1. The molecule has 2 rings (SSSR count). The number of aromatic amines is 1. The van der Waals surface area contributed by atoms with E-state index in [2.05, 4.69) is 10.2 Å². The van der Waals surface area contributed by atoms with Crippen molar-refractivity contribution in [3.8, 4) is 0 Å². The average molecular weight is 224 g/mol. The fourth-order valence-corrected chi connectivity index (χ4v) is 2.07. The van der Waals surface area contributed by atoms with Crippen molar-refractivity contribution in [2.45, 2.75) is 25.3 Å². The maximum absolute atomic E-state index is 12.1. The van der Waals surface area contributed by atoms with Crippen LogP contribution in [0.15, 0.2) is 6.20 Å². The summed E-state index contributed by atoms with van der Waals surface area (Å²) in [6, 6.07) is -0.0936. The summed E-state index contributed by atoms with van der Waals surface area (Å²) < 4.78 is 0. The van der Waals surface area contributed by atoms with Crippen LogP contribution in [0.4, 0.5) is 5.69 Å². The SMILES string of the molecule is Nc1cn[nH]c1C(=O)N1CCCCC1CO. The van der Waals surface area contributed by atoms with Crippen LogP contribution in [0.2, 0.25) is 0 Å². The van der Waals surface area contributed by atoms with Gasteiger partial charge in [0.1, 0.15) is 5.69 Å². The van der Waals surface area contributed by atoms with E-state index in [1.807, 2.05) is 0 Å². The number of carbonyl (C=O) groups excluding carboxylic acids is 1. The smallest absolute Gasteiger partial charge is 0.274 e. The van der Waals surface area contributed by atoms with Gasteiger partial charge in [-0.05, 0) is 19.3 Å². The van der Waals surface area contributed by atoms with Crippen molar-refractivity contribution in [3.63, 3.8) is 0 Å². The number of hydrogen-bond acceptors (Lipinski definition) is 4. The van der Waals surface area contributed by atoms with Crippen molar-refractivity contribution < 1.29 is 9.90 Å². The van der Waals surface area contributed by atoms with Crippen molar-refractivity contribution in [2.24, 2.45) is 0 Å². The fourth-order valence-electron chi connectivity index (χ4n) is 2.07. The highest BCUT2D eigenvalue weighted by Gasteiger charge is 2.28. The van der Waals surface area contributed by atoms with Crippen LogP contribution in [0.25, 0.3) is 0 Å². The zero-order chi connectivity index (χ0) is 11.5. The Morgan fingerprint density at radius 1 is 1.69 bits per heavy atom. The van der Waals surface area contributed by atoms with E-state index in [-0.39, 0.29) is 18.6 Å². The van der Waals surface area contributed by atoms with Crippen molar-refractivity contribution >= 4 is 11.6 Å². The van der Waals surface area contributed by atoms with Gasteiger partial charge in [-0.3, -0.25) is 9.89 Å². The Balaban J connectivity index is 2.17. The molecule has 1 fully saturated rings. The number of aromatic nitrogens is 2. The number of aliphatic hydroxyl groups excluding tert-OH is 1. The van der Waals surface area contributed by atoms with E-state index in [1.165, 1.54) is 6.20 Å². The molecule has 0 aromatic carbocycles. The van der Waals surface area contributed by atoms with Crippen molar-refractivity contribution in [2.75, 3.05) is 18.9 Å². The molecule has 1 aromatic rings. The number of hydrogen-bond donors (Lipinski definition) is 3. The molecule has 6 nitrogen and oxygen atoms in total. The van der Waals surface area contributed by atoms with Gasteiger partial charge >= 0.3 is 0 Å². The molecule has 1 aromatic heterocycles. The van der Waals surface area contributed by atoms with Gasteiger partial charge in [0.15, 0.2) is 0 Å². The molecule has 6 heteroatoms. The molecule has 0 saturated carbocycles. The van der Waals surface area contributed by atoms with E-state index in [4.69, 9.17) is 5.73 Å². The number of amides is 1. The number of nitrogens with one attached hydrogen (secondary N) is 1. The van der Waals surface area contributed by atoms with Gasteiger partial charge < -0.3 is 15.7 Å². The van der Waals surface area contributed by atoms with Gasteiger partial charge in [-0.1, -0.05) is 0 Å². The molecule has 1 aliphatic heterocycles. The zero-order valence-electron chi connectivity index (χ0n) is 9.02. The largest absolute Gasteiger partial charge is 0.396 e. The highest BCUT2D eigenvalue weighted by atomic mass is 16.3. The summed E-state index contributed by atoms with van der Waals surface area (Å²) in [4.78, 5) is 13.8. The molecular formula is C10H16N4O2. The second kappa shape index (κ2) is 4.52. The normalized spacial score (nSPS) is 21.1. The van der Waals surface area contributed by atoms with E-state index in [9.17, 15) is 9.90 Å². The second-order valence-corrected chi connectivity index (χ2v) is 4.03. The topological polar surface area (TPSA) is 95.2 Å². The third-order valence-corrected chi connectivity index (χ3v) is 2.98. The number of nitrogens with zero attached hydrogens (tertiary/aromatic N) is 2. The highest BCUT2D eigenvalue weighted by molar-refractivity contribution is 5.97. The Labute approximate surface area is 93.4 Å². The summed E-state index contributed by atoms with van der Waals surface area (Å²) in [6.45, 7) is 0.669. The van der Waals surface area contributed by atoms with Crippen LogP contribution in [0.3, 0.4) is 0 Å². The summed E-state index contributed by atoms with van der Waals surface area (Å²) in [7, 11) is 0. The van der Waals surface area contributed by atoms with Gasteiger partial charge in [-0.2, -0.15) is 5.10 Å². The number of likely N-dealkylation sites (tertiary alicyclic amines) is 1. The zero-order valence-corrected chi connectivity index (χ0v) is 9.02. The Bertz CT molecular complexity index is 377. The van der Waals surface area contributed by atoms with Crippen molar-refractivity contribution in [1.29, 1.82) is 0 Å². The lowest BCUT2D eigenvalue weighted by atomic mass is 10.0. The third-order valence-electron chi connectivity index (χ3n) is 2.98. The van der Waals surface area contributed by atoms with Crippen LogP contribution in [0.1, 0.15) is 29.8 Å². The first kappa shape index (κ1) is 10.9. The van der Waals surface area contributed by atoms with Gasteiger partial charge in [0.2, 0.25) is 0 Å². The molecular weight excluding hydrogens is 208 g/mol. The first-order valence-corrected chi connectivity index (χ1v) is 5.44. The maximum Gasteiger partial charge on any atom is 0.274 e. The molecule has 1 saturated heterocycles. The molecule has 0 radical (unpaired) electrons. The van der Waals surface area contributed by atoms with Crippen molar-refractivity contribution in [1.82, 2.24) is 15.1 Å². The van der Waals surface area contributed by atoms with E-state index in [0.717, 1.165) is 19.3 Å². The predicted octanol–water partition coefficient (Wildman–Crippen LogP) is -0.0211. The molecule has 0 spiro atoms. The number of rotatable bonds is 2. The van der Waals surface area contributed by atoms with Crippen LogP contribution in [0.5, 0.6) is 0 Å². The molecule has 1 unspecified atom stereocenters. The Morgan fingerprint density at radius 2 is 2.50 bits per heavy atom. The summed E-state index contributed by atoms with van der Waals surface area (Å²) in [5.41, 5.74) is 6.31. The van der Waals surface area contributed by atoms with E-state index in [0.29, 0.717) is 17.9 Å². The first-order chi connectivity index (χ1) is 7.74. The molecule has 1 aliphatic rings. The molecule has 2 heterocycles. The lowest BCUT2D eigenvalue weighted by Crippen LogP contribution is -2.45. The number of anilines is 1. The summed E-state index contributed by atoms with van der Waals surface area (Å²) >= 11 is 0. The van der Waals surface area contributed by atoms with Gasteiger partial charge in [-0.15, -0.1) is 0 Å². The number of piperidine rings is 1. The molecule has 0 bridgehead atoms. The molecule has 0 aliphatic carbocycles. The van der Waals surface area contributed by atoms with Crippen LogP contribution in [0, 0.1) is 0 Å². The monoisotopic (exact) mass is 224 g/mol. The lowest BCUT2D eigenvalue weighted by Gasteiger charge is -2.34. The number of nitrogen functional groups attached to an aromatic ring is 1. The molecule has 4 N–H and O–H groups in total. The average Bonchev–Trinajstić information content (AvgIpc) is 2.74. The minimum atomic E-state index is -0.172. The van der Waals surface area contributed by atoms with Crippen LogP contribution >= 0.6 is 0 Å². The number of aliphatic hydroxyl groups is 1. The van der Waals surface area contributed by atoms with Crippen LogP contribution < -0.4 is 5.73 Å².